The lowest BCUT2D eigenvalue weighted by Crippen LogP contribution is -2.32. The summed E-state index contributed by atoms with van der Waals surface area (Å²) in [6.07, 6.45) is 2.11. The molecule has 0 fully saturated rings. The molecule has 0 unspecified atom stereocenters. The summed E-state index contributed by atoms with van der Waals surface area (Å²) in [7, 11) is 3.40. The number of pyridine rings is 1. The highest BCUT2D eigenvalue weighted by Crippen LogP contribution is 2.36. The quantitative estimate of drug-likeness (QED) is 0.164. The number of ether oxygens (including phenoxy) is 3. The first-order valence-electron chi connectivity index (χ1n) is 14.4. The summed E-state index contributed by atoms with van der Waals surface area (Å²) in [5, 5.41) is 1.63. The number of hydrogen-bond acceptors (Lipinski definition) is 6. The van der Waals surface area contributed by atoms with Gasteiger partial charge in [-0.2, -0.15) is 0 Å². The topological polar surface area (TPSA) is 82.9 Å². The third kappa shape index (κ3) is 6.87. The first-order chi connectivity index (χ1) is 20.9. The Hall–Kier alpha value is -4.69. The Morgan fingerprint density at radius 3 is 2.28 bits per heavy atom. The molecule has 0 aliphatic rings. The van der Waals surface area contributed by atoms with Gasteiger partial charge in [-0.25, -0.2) is 9.78 Å². The third-order valence-electron chi connectivity index (χ3n) is 7.35. The zero-order valence-electron chi connectivity index (χ0n) is 25.1. The largest absolute Gasteiger partial charge is 0.489 e. The number of hydrogen-bond donors (Lipinski definition) is 0. The van der Waals surface area contributed by atoms with Crippen LogP contribution in [0.2, 0.25) is 0 Å². The Kier molecular flexibility index (Phi) is 9.37. The van der Waals surface area contributed by atoms with E-state index < -0.39 is 5.97 Å². The van der Waals surface area contributed by atoms with Gasteiger partial charge in [0.1, 0.15) is 18.9 Å². The summed E-state index contributed by atoms with van der Waals surface area (Å²) in [4.78, 5) is 32.9. The van der Waals surface area contributed by atoms with Crippen LogP contribution >= 0.6 is 0 Å². The molecule has 8 nitrogen and oxygen atoms in total. The Morgan fingerprint density at radius 2 is 1.60 bits per heavy atom. The van der Waals surface area contributed by atoms with Crippen molar-refractivity contribution >= 4 is 33.7 Å². The number of amides is 1. The van der Waals surface area contributed by atoms with Gasteiger partial charge in [0, 0.05) is 42.6 Å². The van der Waals surface area contributed by atoms with Gasteiger partial charge in [0.15, 0.2) is 5.69 Å². The monoisotopic (exact) mass is 579 g/mol. The summed E-state index contributed by atoms with van der Waals surface area (Å²) in [6, 6.07) is 25.9. The predicted molar refractivity (Wildman–Crippen MR) is 167 cm³/mol. The fourth-order valence-electron chi connectivity index (χ4n) is 5.18. The number of benzene rings is 3. The number of carbonyl (C=O) groups excluding carboxylic acids is 2. The van der Waals surface area contributed by atoms with Gasteiger partial charge in [-0.05, 0) is 49.6 Å². The molecule has 8 heteroatoms. The smallest absolute Gasteiger partial charge is 0.357 e. The van der Waals surface area contributed by atoms with E-state index in [1.165, 1.54) is 5.56 Å². The number of fused-ring (bicyclic) bond motifs is 3. The van der Waals surface area contributed by atoms with Crippen molar-refractivity contribution in [2.45, 2.75) is 46.1 Å². The first kappa shape index (κ1) is 29.8. The van der Waals surface area contributed by atoms with Crippen LogP contribution in [-0.2, 0) is 40.4 Å². The average molecular weight is 580 g/mol. The molecule has 0 aliphatic carbocycles. The van der Waals surface area contributed by atoms with Gasteiger partial charge < -0.3 is 23.7 Å². The summed E-state index contributed by atoms with van der Waals surface area (Å²) in [6.45, 7) is 4.86. The number of methoxy groups -OCH3 is 1. The summed E-state index contributed by atoms with van der Waals surface area (Å²) in [5.41, 5.74) is 4.60. The van der Waals surface area contributed by atoms with E-state index in [0.29, 0.717) is 24.5 Å². The van der Waals surface area contributed by atoms with Crippen LogP contribution in [0.3, 0.4) is 0 Å². The maximum absolute atomic E-state index is 13.5. The maximum Gasteiger partial charge on any atom is 0.357 e. The molecule has 0 N–H and O–H groups in total. The minimum absolute atomic E-state index is 0.0317. The molecule has 222 valence electrons. The Morgan fingerprint density at radius 1 is 0.907 bits per heavy atom. The standard InChI is InChI=1S/C35H37N3O5/c1-24(2)43-35(40)34-29(23-41-4)33-28-19-27(42-22-26-13-9-6-10-14-26)15-16-30(28)38(31(33)20-36-34)21-32(39)37(3)18-17-25-11-7-5-8-12-25/h5-16,19-20,24H,17-18,21-23H2,1-4H3. The van der Waals surface area contributed by atoms with E-state index in [-0.39, 0.29) is 30.9 Å². The SMILES string of the molecule is COCc1c(C(=O)OC(C)C)ncc2c1c1cc(OCc3ccccc3)ccc1n2CC(=O)N(C)CCc1ccccc1. The lowest BCUT2D eigenvalue weighted by atomic mass is 10.1. The number of esters is 1. The van der Waals surface area contributed by atoms with Crippen molar-refractivity contribution in [1.82, 2.24) is 14.5 Å². The van der Waals surface area contributed by atoms with Gasteiger partial charge in [-0.15, -0.1) is 0 Å². The Balaban J connectivity index is 1.55. The van der Waals surface area contributed by atoms with Crippen LogP contribution in [0.15, 0.2) is 85.1 Å². The summed E-state index contributed by atoms with van der Waals surface area (Å²) >= 11 is 0. The van der Waals surface area contributed by atoms with Gasteiger partial charge in [0.25, 0.3) is 0 Å². The molecular weight excluding hydrogens is 542 g/mol. The molecule has 2 heterocycles. The van der Waals surface area contributed by atoms with Crippen molar-refractivity contribution in [1.29, 1.82) is 0 Å². The van der Waals surface area contributed by atoms with Crippen LogP contribution in [0.25, 0.3) is 21.8 Å². The van der Waals surface area contributed by atoms with Gasteiger partial charge in [-0.3, -0.25) is 4.79 Å². The fourth-order valence-corrected chi connectivity index (χ4v) is 5.18. The van der Waals surface area contributed by atoms with Gasteiger partial charge in [0.2, 0.25) is 5.91 Å². The van der Waals surface area contributed by atoms with Crippen LogP contribution in [-0.4, -0.2) is 53.1 Å². The molecular formula is C35H37N3O5. The second-order valence-electron chi connectivity index (χ2n) is 10.8. The van der Waals surface area contributed by atoms with E-state index in [0.717, 1.165) is 33.8 Å². The maximum atomic E-state index is 13.5. The summed E-state index contributed by atoms with van der Waals surface area (Å²) < 4.78 is 19.2. The highest BCUT2D eigenvalue weighted by atomic mass is 16.5. The second-order valence-corrected chi connectivity index (χ2v) is 10.8. The molecule has 0 saturated heterocycles. The molecule has 2 aromatic heterocycles. The molecule has 0 radical (unpaired) electrons. The zero-order chi connectivity index (χ0) is 30.3. The molecule has 5 aromatic rings. The van der Waals surface area contributed by atoms with Crippen molar-refractivity contribution in [3.05, 3.63) is 107 Å². The average Bonchev–Trinajstić information content (AvgIpc) is 3.32. The molecule has 0 spiro atoms. The van der Waals surface area contributed by atoms with Crippen molar-refractivity contribution in [2.24, 2.45) is 0 Å². The molecule has 5 rings (SSSR count). The predicted octanol–water partition coefficient (Wildman–Crippen LogP) is 6.18. The van der Waals surface area contributed by atoms with E-state index in [9.17, 15) is 9.59 Å². The molecule has 0 bridgehead atoms. The van der Waals surface area contributed by atoms with E-state index >= 15 is 0 Å². The lowest BCUT2D eigenvalue weighted by molar-refractivity contribution is -0.130. The van der Waals surface area contributed by atoms with E-state index in [1.54, 1.807) is 32.1 Å². The molecule has 0 saturated carbocycles. The Bertz CT molecular complexity index is 1710. The number of aromatic nitrogens is 2. The van der Waals surface area contributed by atoms with Gasteiger partial charge in [-0.1, -0.05) is 60.7 Å². The number of likely N-dealkylation sites (N-methyl/N-ethyl adjacent to an activating group) is 1. The molecule has 3 aromatic carbocycles. The zero-order valence-corrected chi connectivity index (χ0v) is 25.1. The van der Waals surface area contributed by atoms with Crippen LogP contribution < -0.4 is 4.74 Å². The van der Waals surface area contributed by atoms with Crippen molar-refractivity contribution in [3.8, 4) is 5.75 Å². The molecule has 1 amide bonds. The van der Waals surface area contributed by atoms with Gasteiger partial charge in [0.05, 0.1) is 24.4 Å². The van der Waals surface area contributed by atoms with Gasteiger partial charge >= 0.3 is 5.97 Å². The van der Waals surface area contributed by atoms with Crippen molar-refractivity contribution < 1.29 is 23.8 Å². The van der Waals surface area contributed by atoms with E-state index in [4.69, 9.17) is 14.2 Å². The normalized spacial score (nSPS) is 11.3. The molecule has 0 aliphatic heterocycles. The number of nitrogens with zero attached hydrogens (tertiary/aromatic N) is 3. The molecule has 43 heavy (non-hydrogen) atoms. The van der Waals surface area contributed by atoms with Crippen LogP contribution in [0.4, 0.5) is 0 Å². The fraction of sp³-hybridized carbons (Fsp3) is 0.286. The third-order valence-corrected chi connectivity index (χ3v) is 7.35. The highest BCUT2D eigenvalue weighted by Gasteiger charge is 2.24. The second kappa shape index (κ2) is 13.5. The van der Waals surface area contributed by atoms with E-state index in [2.05, 4.69) is 17.1 Å². The minimum atomic E-state index is -0.516. The first-order valence-corrected chi connectivity index (χ1v) is 14.4. The van der Waals surface area contributed by atoms with Crippen molar-refractivity contribution in [3.63, 3.8) is 0 Å². The minimum Gasteiger partial charge on any atom is -0.489 e. The van der Waals surface area contributed by atoms with E-state index in [1.807, 2.05) is 78.3 Å². The summed E-state index contributed by atoms with van der Waals surface area (Å²) in [5.74, 6) is 0.127. The van der Waals surface area contributed by atoms with Crippen LogP contribution in [0, 0.1) is 0 Å². The van der Waals surface area contributed by atoms with Crippen molar-refractivity contribution in [2.75, 3.05) is 20.7 Å². The number of rotatable bonds is 12. The highest BCUT2D eigenvalue weighted by molar-refractivity contribution is 6.12. The van der Waals surface area contributed by atoms with Crippen LogP contribution in [0.5, 0.6) is 5.75 Å². The van der Waals surface area contributed by atoms with Crippen LogP contribution in [0.1, 0.15) is 41.0 Å². The Labute approximate surface area is 251 Å². The molecule has 0 atom stereocenters. The number of carbonyl (C=O) groups is 2. The lowest BCUT2D eigenvalue weighted by Gasteiger charge is -2.18.